The van der Waals surface area contributed by atoms with Crippen LogP contribution in [0, 0.1) is 5.92 Å². The number of hydrogen-bond acceptors (Lipinski definition) is 3. The Bertz CT molecular complexity index is 474. The fourth-order valence-electron chi connectivity index (χ4n) is 1.78. The summed E-state index contributed by atoms with van der Waals surface area (Å²) in [6, 6.07) is 6.87. The molecule has 0 bridgehead atoms. The lowest BCUT2D eigenvalue weighted by Crippen LogP contribution is -2.44. The zero-order valence-electron chi connectivity index (χ0n) is 12.3. The monoisotopic (exact) mass is 277 g/mol. The van der Waals surface area contributed by atoms with Crippen molar-refractivity contribution in [1.29, 1.82) is 0 Å². The van der Waals surface area contributed by atoms with Gasteiger partial charge in [0.05, 0.1) is 6.04 Å². The molecule has 1 rings (SSSR count). The first-order chi connectivity index (χ1) is 9.43. The van der Waals surface area contributed by atoms with Gasteiger partial charge in [-0.3, -0.25) is 9.59 Å². The Kier molecular flexibility index (Phi) is 6.18. The minimum absolute atomic E-state index is 0.120. The number of carbonyl (C=O) groups excluding carboxylic acids is 2. The van der Waals surface area contributed by atoms with Crippen LogP contribution in [0.25, 0.3) is 0 Å². The first-order valence-electron chi connectivity index (χ1n) is 6.83. The van der Waals surface area contributed by atoms with Gasteiger partial charge in [-0.15, -0.1) is 0 Å². The largest absolute Gasteiger partial charge is 0.351 e. The van der Waals surface area contributed by atoms with Crippen LogP contribution in [0.15, 0.2) is 24.3 Å². The van der Waals surface area contributed by atoms with Crippen molar-refractivity contribution < 1.29 is 9.59 Å². The second kappa shape index (κ2) is 7.65. The number of nitrogens with two attached hydrogens (primary N) is 1. The first-order valence-corrected chi connectivity index (χ1v) is 6.83. The number of hydrogen-bond donors (Lipinski definition) is 3. The summed E-state index contributed by atoms with van der Waals surface area (Å²) in [5.41, 5.74) is 7.50. The van der Waals surface area contributed by atoms with Crippen LogP contribution in [0.3, 0.4) is 0 Å². The Balaban J connectivity index is 2.57. The van der Waals surface area contributed by atoms with Gasteiger partial charge in [0, 0.05) is 19.2 Å². The molecule has 0 aliphatic rings. The fourth-order valence-corrected chi connectivity index (χ4v) is 1.78. The molecule has 5 heteroatoms. The van der Waals surface area contributed by atoms with Gasteiger partial charge in [-0.1, -0.05) is 32.4 Å². The molecule has 1 aromatic rings. The van der Waals surface area contributed by atoms with Crippen molar-refractivity contribution in [3.8, 4) is 0 Å². The first kappa shape index (κ1) is 16.2. The van der Waals surface area contributed by atoms with E-state index in [-0.39, 0.29) is 17.7 Å². The molecule has 0 spiro atoms. The van der Waals surface area contributed by atoms with Crippen molar-refractivity contribution in [1.82, 2.24) is 5.32 Å². The molecule has 0 aromatic heterocycles. The standard InChI is InChI=1S/C15H23N3O2/c1-4-10(2)14(16)15(20)17-9-12-6-5-7-13(8-12)18-11(3)19/h5-8,10,14H,4,9,16H2,1-3H3,(H,17,20)(H,18,19). The van der Waals surface area contributed by atoms with Crippen LogP contribution in [0.1, 0.15) is 32.8 Å². The molecular weight excluding hydrogens is 254 g/mol. The number of carbonyl (C=O) groups is 2. The number of rotatable bonds is 6. The summed E-state index contributed by atoms with van der Waals surface area (Å²) in [6.07, 6.45) is 0.868. The molecular formula is C15H23N3O2. The fraction of sp³-hybridized carbons (Fsp3) is 0.467. The van der Waals surface area contributed by atoms with Crippen LogP contribution in [-0.2, 0) is 16.1 Å². The second-order valence-corrected chi connectivity index (χ2v) is 5.01. The summed E-state index contributed by atoms with van der Waals surface area (Å²) in [6.45, 7) is 5.83. The third kappa shape index (κ3) is 5.01. The van der Waals surface area contributed by atoms with Crippen LogP contribution in [0.2, 0.25) is 0 Å². The molecule has 20 heavy (non-hydrogen) atoms. The van der Waals surface area contributed by atoms with Gasteiger partial charge in [-0.25, -0.2) is 0 Å². The number of nitrogens with one attached hydrogen (secondary N) is 2. The lowest BCUT2D eigenvalue weighted by Gasteiger charge is -2.17. The second-order valence-electron chi connectivity index (χ2n) is 5.01. The summed E-state index contributed by atoms with van der Waals surface area (Å²) >= 11 is 0. The van der Waals surface area contributed by atoms with Crippen LogP contribution in [0.5, 0.6) is 0 Å². The number of benzene rings is 1. The van der Waals surface area contributed by atoms with E-state index in [1.807, 2.05) is 32.0 Å². The van der Waals surface area contributed by atoms with E-state index in [4.69, 9.17) is 5.73 Å². The highest BCUT2D eigenvalue weighted by atomic mass is 16.2. The SMILES string of the molecule is CCC(C)C(N)C(=O)NCc1cccc(NC(C)=O)c1. The Morgan fingerprint density at radius 1 is 1.35 bits per heavy atom. The van der Waals surface area contributed by atoms with Gasteiger partial charge < -0.3 is 16.4 Å². The van der Waals surface area contributed by atoms with E-state index in [0.29, 0.717) is 6.54 Å². The van der Waals surface area contributed by atoms with Crippen LogP contribution < -0.4 is 16.4 Å². The zero-order chi connectivity index (χ0) is 15.1. The highest BCUT2D eigenvalue weighted by Crippen LogP contribution is 2.11. The Labute approximate surface area is 119 Å². The van der Waals surface area contributed by atoms with Crippen molar-refractivity contribution in [3.63, 3.8) is 0 Å². The molecule has 5 nitrogen and oxygen atoms in total. The Morgan fingerprint density at radius 2 is 2.05 bits per heavy atom. The van der Waals surface area contributed by atoms with Crippen molar-refractivity contribution in [2.24, 2.45) is 11.7 Å². The summed E-state index contributed by atoms with van der Waals surface area (Å²) in [4.78, 5) is 22.9. The molecule has 2 unspecified atom stereocenters. The highest BCUT2D eigenvalue weighted by Gasteiger charge is 2.18. The maximum Gasteiger partial charge on any atom is 0.237 e. The van der Waals surface area contributed by atoms with Crippen molar-refractivity contribution in [2.45, 2.75) is 39.8 Å². The molecule has 0 saturated carbocycles. The van der Waals surface area contributed by atoms with Crippen LogP contribution in [-0.4, -0.2) is 17.9 Å². The number of amides is 2. The molecule has 4 N–H and O–H groups in total. The van der Waals surface area contributed by atoms with Crippen molar-refractivity contribution in [3.05, 3.63) is 29.8 Å². The quantitative estimate of drug-likeness (QED) is 0.739. The molecule has 0 saturated heterocycles. The predicted octanol–water partition coefficient (Wildman–Crippen LogP) is 1.63. The summed E-state index contributed by atoms with van der Waals surface area (Å²) in [7, 11) is 0. The minimum Gasteiger partial charge on any atom is -0.351 e. The third-order valence-corrected chi connectivity index (χ3v) is 3.27. The van der Waals surface area contributed by atoms with E-state index in [9.17, 15) is 9.59 Å². The molecule has 0 aliphatic carbocycles. The Morgan fingerprint density at radius 3 is 2.65 bits per heavy atom. The maximum absolute atomic E-state index is 11.9. The predicted molar refractivity (Wildman–Crippen MR) is 80.0 cm³/mol. The van der Waals surface area contributed by atoms with Gasteiger partial charge in [0.2, 0.25) is 11.8 Å². The van der Waals surface area contributed by atoms with Gasteiger partial charge in [0.15, 0.2) is 0 Å². The van der Waals surface area contributed by atoms with Gasteiger partial charge >= 0.3 is 0 Å². The van der Waals surface area contributed by atoms with E-state index in [1.54, 1.807) is 6.07 Å². The molecule has 0 aliphatic heterocycles. The zero-order valence-corrected chi connectivity index (χ0v) is 12.3. The van der Waals surface area contributed by atoms with Crippen LogP contribution >= 0.6 is 0 Å². The van der Waals surface area contributed by atoms with Crippen molar-refractivity contribution >= 4 is 17.5 Å². The molecule has 2 amide bonds. The Hall–Kier alpha value is -1.88. The normalized spacial score (nSPS) is 13.4. The van der Waals surface area contributed by atoms with Crippen LogP contribution in [0.4, 0.5) is 5.69 Å². The van der Waals surface area contributed by atoms with Gasteiger partial charge in [0.25, 0.3) is 0 Å². The lowest BCUT2D eigenvalue weighted by atomic mass is 9.99. The van der Waals surface area contributed by atoms with Gasteiger partial charge in [-0.05, 0) is 23.6 Å². The number of anilines is 1. The summed E-state index contributed by atoms with van der Waals surface area (Å²) in [5, 5.41) is 5.52. The van der Waals surface area contributed by atoms with E-state index in [1.165, 1.54) is 6.92 Å². The average molecular weight is 277 g/mol. The topological polar surface area (TPSA) is 84.2 Å². The minimum atomic E-state index is -0.487. The highest BCUT2D eigenvalue weighted by molar-refractivity contribution is 5.88. The smallest absolute Gasteiger partial charge is 0.237 e. The molecule has 2 atom stereocenters. The maximum atomic E-state index is 11.9. The van der Waals surface area contributed by atoms with Gasteiger partial charge in [0.1, 0.15) is 0 Å². The lowest BCUT2D eigenvalue weighted by molar-refractivity contribution is -0.123. The van der Waals surface area contributed by atoms with Crippen molar-refractivity contribution in [2.75, 3.05) is 5.32 Å². The molecule has 0 radical (unpaired) electrons. The summed E-state index contributed by atoms with van der Waals surface area (Å²) in [5.74, 6) is -0.116. The average Bonchev–Trinajstić information content (AvgIpc) is 2.42. The molecule has 0 heterocycles. The van der Waals surface area contributed by atoms with Gasteiger partial charge in [-0.2, -0.15) is 0 Å². The molecule has 1 aromatic carbocycles. The van der Waals surface area contributed by atoms with E-state index >= 15 is 0 Å². The third-order valence-electron chi connectivity index (χ3n) is 3.27. The summed E-state index contributed by atoms with van der Waals surface area (Å²) < 4.78 is 0. The molecule has 0 fully saturated rings. The van der Waals surface area contributed by atoms with E-state index in [2.05, 4.69) is 10.6 Å². The molecule has 110 valence electrons. The van der Waals surface area contributed by atoms with E-state index < -0.39 is 6.04 Å². The van der Waals surface area contributed by atoms with E-state index in [0.717, 1.165) is 17.7 Å².